The number of benzene rings is 2. The zero-order valence-electron chi connectivity index (χ0n) is 12.4. The fourth-order valence-electron chi connectivity index (χ4n) is 2.38. The molecule has 0 atom stereocenters. The van der Waals surface area contributed by atoms with Gasteiger partial charge in [-0.25, -0.2) is 0 Å². The van der Waals surface area contributed by atoms with E-state index >= 15 is 0 Å². The minimum Gasteiger partial charge on any atom is -0.505 e. The Balaban J connectivity index is 1.72. The molecule has 0 aliphatic carbocycles. The Kier molecular flexibility index (Phi) is 5.20. The lowest BCUT2D eigenvalue weighted by Crippen LogP contribution is -2.36. The molecule has 2 aromatic carbocycles. The van der Waals surface area contributed by atoms with Crippen molar-refractivity contribution in [3.8, 4) is 5.75 Å². The fourth-order valence-corrected chi connectivity index (χ4v) is 3.20. The van der Waals surface area contributed by atoms with E-state index in [4.69, 9.17) is 16.3 Å². The van der Waals surface area contributed by atoms with Crippen molar-refractivity contribution in [1.29, 1.82) is 0 Å². The van der Waals surface area contributed by atoms with Gasteiger partial charge in [0.2, 0.25) is 0 Å². The zero-order valence-corrected chi connectivity index (χ0v) is 14.7. The van der Waals surface area contributed by atoms with Gasteiger partial charge in [-0.3, -0.25) is 4.99 Å². The van der Waals surface area contributed by atoms with Gasteiger partial charge in [0.05, 0.1) is 28.4 Å². The lowest BCUT2D eigenvalue weighted by Gasteiger charge is -2.28. The molecule has 23 heavy (non-hydrogen) atoms. The number of aromatic hydroxyl groups is 1. The maximum atomic E-state index is 9.63. The van der Waals surface area contributed by atoms with Gasteiger partial charge in [-0.15, -0.1) is 0 Å². The van der Waals surface area contributed by atoms with Crippen molar-refractivity contribution in [2.24, 2.45) is 4.99 Å². The molecule has 0 saturated carbocycles. The Bertz CT molecular complexity index is 690. The van der Waals surface area contributed by atoms with E-state index in [0.29, 0.717) is 9.50 Å². The van der Waals surface area contributed by atoms with Crippen LogP contribution in [0, 0.1) is 0 Å². The normalized spacial score (nSPS) is 15.3. The minimum absolute atomic E-state index is 0.0404. The highest BCUT2D eigenvalue weighted by Crippen LogP contribution is 2.32. The third kappa shape index (κ3) is 4.05. The van der Waals surface area contributed by atoms with Crippen LogP contribution >= 0.6 is 27.5 Å². The highest BCUT2D eigenvalue weighted by molar-refractivity contribution is 9.10. The number of anilines is 1. The summed E-state index contributed by atoms with van der Waals surface area (Å²) in [5, 5.41) is 9.93. The van der Waals surface area contributed by atoms with Crippen molar-refractivity contribution in [2.75, 3.05) is 31.2 Å². The number of morpholine rings is 1. The molecule has 6 heteroatoms. The van der Waals surface area contributed by atoms with Gasteiger partial charge >= 0.3 is 0 Å². The van der Waals surface area contributed by atoms with Crippen LogP contribution in [0.3, 0.4) is 0 Å². The topological polar surface area (TPSA) is 45.1 Å². The number of hydrogen-bond donors (Lipinski definition) is 1. The summed E-state index contributed by atoms with van der Waals surface area (Å²) in [4.78, 5) is 6.74. The second-order valence-electron chi connectivity index (χ2n) is 5.21. The van der Waals surface area contributed by atoms with E-state index in [-0.39, 0.29) is 5.75 Å². The van der Waals surface area contributed by atoms with Gasteiger partial charge in [-0.1, -0.05) is 11.6 Å². The minimum atomic E-state index is 0.0404. The van der Waals surface area contributed by atoms with Gasteiger partial charge in [-0.05, 0) is 57.9 Å². The van der Waals surface area contributed by atoms with Crippen molar-refractivity contribution in [3.05, 3.63) is 51.5 Å². The standard InChI is InChI=1S/C17H16BrClN2O2/c18-15-9-12(10-16(19)17(15)22)11-20-13-1-3-14(4-2-13)21-5-7-23-8-6-21/h1-4,9-11,22H,5-8H2. The fraction of sp³-hybridized carbons (Fsp3) is 0.235. The van der Waals surface area contributed by atoms with Gasteiger partial charge in [0.15, 0.2) is 0 Å². The lowest BCUT2D eigenvalue weighted by atomic mass is 10.2. The smallest absolute Gasteiger partial charge is 0.148 e. The van der Waals surface area contributed by atoms with Crippen molar-refractivity contribution >= 4 is 45.1 Å². The summed E-state index contributed by atoms with van der Waals surface area (Å²) >= 11 is 9.22. The summed E-state index contributed by atoms with van der Waals surface area (Å²) in [6.45, 7) is 3.39. The number of halogens is 2. The van der Waals surface area contributed by atoms with E-state index in [1.807, 2.05) is 12.1 Å². The summed E-state index contributed by atoms with van der Waals surface area (Å²) in [6.07, 6.45) is 1.72. The van der Waals surface area contributed by atoms with Gasteiger partial charge < -0.3 is 14.7 Å². The predicted octanol–water partition coefficient (Wildman–Crippen LogP) is 4.40. The molecule has 120 valence electrons. The van der Waals surface area contributed by atoms with Crippen LogP contribution in [-0.2, 0) is 4.74 Å². The molecule has 0 bridgehead atoms. The van der Waals surface area contributed by atoms with Gasteiger partial charge in [-0.2, -0.15) is 0 Å². The Morgan fingerprint density at radius 3 is 2.52 bits per heavy atom. The Labute approximate surface area is 148 Å². The largest absolute Gasteiger partial charge is 0.505 e. The van der Waals surface area contributed by atoms with Crippen LogP contribution in [0.15, 0.2) is 45.9 Å². The van der Waals surface area contributed by atoms with Crippen molar-refractivity contribution < 1.29 is 9.84 Å². The molecule has 1 aliphatic heterocycles. The molecule has 0 aromatic heterocycles. The molecule has 1 N–H and O–H groups in total. The molecule has 0 unspecified atom stereocenters. The van der Waals surface area contributed by atoms with Crippen LogP contribution in [0.25, 0.3) is 0 Å². The van der Waals surface area contributed by atoms with Gasteiger partial charge in [0.25, 0.3) is 0 Å². The maximum Gasteiger partial charge on any atom is 0.148 e. The van der Waals surface area contributed by atoms with Crippen LogP contribution in [0.2, 0.25) is 5.02 Å². The first-order valence-corrected chi connectivity index (χ1v) is 8.45. The first-order valence-electron chi connectivity index (χ1n) is 7.28. The molecule has 1 saturated heterocycles. The average molecular weight is 396 g/mol. The number of aliphatic imine (C=N–C) groups is 1. The molecule has 4 nitrogen and oxygen atoms in total. The summed E-state index contributed by atoms with van der Waals surface area (Å²) in [7, 11) is 0. The Morgan fingerprint density at radius 1 is 1.17 bits per heavy atom. The molecule has 0 spiro atoms. The summed E-state index contributed by atoms with van der Waals surface area (Å²) in [5.41, 5.74) is 2.86. The summed E-state index contributed by atoms with van der Waals surface area (Å²) in [6, 6.07) is 11.5. The van der Waals surface area contributed by atoms with Crippen LogP contribution in [0.4, 0.5) is 11.4 Å². The summed E-state index contributed by atoms with van der Waals surface area (Å²) < 4.78 is 5.91. The second kappa shape index (κ2) is 7.34. The van der Waals surface area contributed by atoms with Crippen LogP contribution in [-0.4, -0.2) is 37.6 Å². The van der Waals surface area contributed by atoms with Gasteiger partial charge in [0.1, 0.15) is 5.75 Å². The Morgan fingerprint density at radius 2 is 1.87 bits per heavy atom. The lowest BCUT2D eigenvalue weighted by molar-refractivity contribution is 0.122. The molecule has 0 radical (unpaired) electrons. The molecular weight excluding hydrogens is 380 g/mol. The molecule has 3 rings (SSSR count). The quantitative estimate of drug-likeness (QED) is 0.784. The maximum absolute atomic E-state index is 9.63. The van der Waals surface area contributed by atoms with E-state index in [1.165, 1.54) is 5.69 Å². The predicted molar refractivity (Wildman–Crippen MR) is 97.5 cm³/mol. The highest BCUT2D eigenvalue weighted by atomic mass is 79.9. The van der Waals surface area contributed by atoms with Gasteiger partial charge in [0, 0.05) is 25.0 Å². The van der Waals surface area contributed by atoms with Crippen molar-refractivity contribution in [1.82, 2.24) is 0 Å². The number of rotatable bonds is 3. The second-order valence-corrected chi connectivity index (χ2v) is 6.47. The monoisotopic (exact) mass is 394 g/mol. The van der Waals surface area contributed by atoms with E-state index < -0.39 is 0 Å². The third-order valence-corrected chi connectivity index (χ3v) is 4.52. The SMILES string of the molecule is Oc1c(Cl)cc(C=Nc2ccc(N3CCOCC3)cc2)cc1Br. The zero-order chi connectivity index (χ0) is 16.2. The van der Waals surface area contributed by atoms with Crippen LogP contribution in [0.5, 0.6) is 5.75 Å². The number of ether oxygens (including phenoxy) is 1. The Hall–Kier alpha value is -1.56. The first kappa shape index (κ1) is 16.3. The third-order valence-electron chi connectivity index (χ3n) is 3.63. The molecule has 1 heterocycles. The molecular formula is C17H16BrClN2O2. The van der Waals surface area contributed by atoms with E-state index in [2.05, 4.69) is 38.0 Å². The average Bonchev–Trinajstić information content (AvgIpc) is 2.59. The molecule has 1 aliphatic rings. The van der Waals surface area contributed by atoms with Crippen LogP contribution in [0.1, 0.15) is 5.56 Å². The molecule has 1 fully saturated rings. The van der Waals surface area contributed by atoms with Crippen molar-refractivity contribution in [3.63, 3.8) is 0 Å². The van der Waals surface area contributed by atoms with E-state index in [9.17, 15) is 5.11 Å². The molecule has 2 aromatic rings. The molecule has 0 amide bonds. The van der Waals surface area contributed by atoms with E-state index in [1.54, 1.807) is 18.3 Å². The van der Waals surface area contributed by atoms with E-state index in [0.717, 1.165) is 37.6 Å². The number of hydrogen-bond acceptors (Lipinski definition) is 4. The number of nitrogens with zero attached hydrogens (tertiary/aromatic N) is 2. The summed E-state index contributed by atoms with van der Waals surface area (Å²) in [5.74, 6) is 0.0404. The number of phenols is 1. The first-order chi connectivity index (χ1) is 11.1. The van der Waals surface area contributed by atoms with Crippen LogP contribution < -0.4 is 4.90 Å². The number of phenolic OH excluding ortho intramolecular Hbond substituents is 1. The highest BCUT2D eigenvalue weighted by Gasteiger charge is 2.10. The van der Waals surface area contributed by atoms with Crippen molar-refractivity contribution in [2.45, 2.75) is 0 Å².